The molecular formula is C10H18N2O2. The second-order valence-corrected chi connectivity index (χ2v) is 3.27. The standard InChI is InChI=1S/C10H18N2O2/c1-2-4-11-9-10(13)12-5-3-7-14-8-6-12/h2,11H,1,3-9H2. The van der Waals surface area contributed by atoms with Gasteiger partial charge in [-0.3, -0.25) is 4.79 Å². The number of ether oxygens (including phenoxy) is 1. The molecule has 0 saturated carbocycles. The SMILES string of the molecule is C=CCNCC(=O)N1CCCOCC1. The van der Waals surface area contributed by atoms with Crippen LogP contribution in [0.2, 0.25) is 0 Å². The van der Waals surface area contributed by atoms with Crippen LogP contribution < -0.4 is 5.32 Å². The van der Waals surface area contributed by atoms with Crippen LogP contribution in [0, 0.1) is 0 Å². The summed E-state index contributed by atoms with van der Waals surface area (Å²) in [5, 5.41) is 3.00. The predicted molar refractivity (Wildman–Crippen MR) is 55.1 cm³/mol. The number of hydrogen-bond acceptors (Lipinski definition) is 3. The zero-order chi connectivity index (χ0) is 10.2. The minimum absolute atomic E-state index is 0.150. The lowest BCUT2D eigenvalue weighted by molar-refractivity contribution is -0.130. The van der Waals surface area contributed by atoms with Crippen LogP contribution in [0.1, 0.15) is 6.42 Å². The maximum absolute atomic E-state index is 11.6. The lowest BCUT2D eigenvalue weighted by atomic mass is 10.4. The molecule has 1 heterocycles. The zero-order valence-corrected chi connectivity index (χ0v) is 8.50. The number of nitrogens with one attached hydrogen (secondary N) is 1. The van der Waals surface area contributed by atoms with E-state index in [0.29, 0.717) is 26.2 Å². The topological polar surface area (TPSA) is 41.6 Å². The van der Waals surface area contributed by atoms with Gasteiger partial charge in [-0.15, -0.1) is 6.58 Å². The average molecular weight is 198 g/mol. The Kier molecular flexibility index (Phi) is 5.25. The minimum Gasteiger partial charge on any atom is -0.380 e. The molecule has 0 aromatic carbocycles. The highest BCUT2D eigenvalue weighted by Crippen LogP contribution is 1.98. The smallest absolute Gasteiger partial charge is 0.236 e. The van der Waals surface area contributed by atoms with Crippen LogP contribution in [0.15, 0.2) is 12.7 Å². The fraction of sp³-hybridized carbons (Fsp3) is 0.700. The molecule has 1 N–H and O–H groups in total. The summed E-state index contributed by atoms with van der Waals surface area (Å²) in [6.07, 6.45) is 2.69. The van der Waals surface area contributed by atoms with Gasteiger partial charge in [-0.25, -0.2) is 0 Å². The van der Waals surface area contributed by atoms with Crippen LogP contribution in [0.25, 0.3) is 0 Å². The largest absolute Gasteiger partial charge is 0.380 e. The third kappa shape index (κ3) is 3.89. The first-order valence-corrected chi connectivity index (χ1v) is 5.01. The summed E-state index contributed by atoms with van der Waals surface area (Å²) in [5.41, 5.74) is 0. The third-order valence-corrected chi connectivity index (χ3v) is 2.14. The lowest BCUT2D eigenvalue weighted by Gasteiger charge is -2.19. The highest BCUT2D eigenvalue weighted by molar-refractivity contribution is 5.78. The van der Waals surface area contributed by atoms with Crippen molar-refractivity contribution < 1.29 is 9.53 Å². The fourth-order valence-electron chi connectivity index (χ4n) is 1.39. The van der Waals surface area contributed by atoms with E-state index in [1.54, 1.807) is 6.08 Å². The lowest BCUT2D eigenvalue weighted by Crippen LogP contribution is -2.39. The van der Waals surface area contributed by atoms with Gasteiger partial charge in [0, 0.05) is 26.2 Å². The Morgan fingerprint density at radius 1 is 1.50 bits per heavy atom. The van der Waals surface area contributed by atoms with Crippen LogP contribution in [0.4, 0.5) is 0 Å². The molecule has 0 aromatic rings. The molecule has 1 rings (SSSR count). The second-order valence-electron chi connectivity index (χ2n) is 3.27. The highest BCUT2D eigenvalue weighted by atomic mass is 16.5. The molecule has 4 nitrogen and oxygen atoms in total. The van der Waals surface area contributed by atoms with Crippen LogP contribution in [-0.2, 0) is 9.53 Å². The zero-order valence-electron chi connectivity index (χ0n) is 8.50. The quantitative estimate of drug-likeness (QED) is 0.511. The Labute approximate surface area is 84.9 Å². The van der Waals surface area contributed by atoms with Crippen molar-refractivity contribution in [3.63, 3.8) is 0 Å². The van der Waals surface area contributed by atoms with E-state index in [1.165, 1.54) is 0 Å². The van der Waals surface area contributed by atoms with Gasteiger partial charge in [0.05, 0.1) is 13.2 Å². The molecule has 1 saturated heterocycles. The van der Waals surface area contributed by atoms with Crippen LogP contribution >= 0.6 is 0 Å². The molecule has 1 amide bonds. The van der Waals surface area contributed by atoms with Gasteiger partial charge in [0.1, 0.15) is 0 Å². The normalized spacial score (nSPS) is 17.6. The number of carbonyl (C=O) groups excluding carboxylic acids is 1. The van der Waals surface area contributed by atoms with Gasteiger partial charge in [0.2, 0.25) is 5.91 Å². The van der Waals surface area contributed by atoms with E-state index in [9.17, 15) is 4.79 Å². The molecule has 0 atom stereocenters. The van der Waals surface area contributed by atoms with Crippen molar-refractivity contribution >= 4 is 5.91 Å². The molecule has 4 heteroatoms. The third-order valence-electron chi connectivity index (χ3n) is 2.14. The van der Waals surface area contributed by atoms with E-state index in [2.05, 4.69) is 11.9 Å². The van der Waals surface area contributed by atoms with Crippen molar-refractivity contribution in [1.29, 1.82) is 0 Å². The molecule has 0 aromatic heterocycles. The fourth-order valence-corrected chi connectivity index (χ4v) is 1.39. The maximum Gasteiger partial charge on any atom is 0.236 e. The average Bonchev–Trinajstić information content (AvgIpc) is 2.46. The first-order valence-electron chi connectivity index (χ1n) is 5.01. The Bertz CT molecular complexity index is 187. The summed E-state index contributed by atoms with van der Waals surface area (Å²) < 4.78 is 5.27. The molecule has 1 aliphatic heterocycles. The first kappa shape index (κ1) is 11.2. The molecule has 0 radical (unpaired) electrons. The molecule has 1 aliphatic rings. The molecular weight excluding hydrogens is 180 g/mol. The van der Waals surface area contributed by atoms with Gasteiger partial charge >= 0.3 is 0 Å². The second kappa shape index (κ2) is 6.56. The van der Waals surface area contributed by atoms with Crippen molar-refractivity contribution in [3.8, 4) is 0 Å². The number of amides is 1. The van der Waals surface area contributed by atoms with E-state index in [0.717, 1.165) is 19.6 Å². The van der Waals surface area contributed by atoms with Gasteiger partial charge in [0.15, 0.2) is 0 Å². The summed E-state index contributed by atoms with van der Waals surface area (Å²) in [5.74, 6) is 0.150. The Morgan fingerprint density at radius 2 is 2.36 bits per heavy atom. The van der Waals surface area contributed by atoms with Crippen molar-refractivity contribution in [3.05, 3.63) is 12.7 Å². The molecule has 1 fully saturated rings. The molecule has 0 unspecified atom stereocenters. The predicted octanol–water partition coefficient (Wildman–Crippen LogP) is 0.0109. The summed E-state index contributed by atoms with van der Waals surface area (Å²) >= 11 is 0. The van der Waals surface area contributed by atoms with Gasteiger partial charge in [-0.2, -0.15) is 0 Å². The van der Waals surface area contributed by atoms with E-state index < -0.39 is 0 Å². The van der Waals surface area contributed by atoms with Gasteiger partial charge < -0.3 is 15.0 Å². The molecule has 0 spiro atoms. The Hall–Kier alpha value is -0.870. The van der Waals surface area contributed by atoms with Gasteiger partial charge in [-0.05, 0) is 6.42 Å². The van der Waals surface area contributed by atoms with Crippen molar-refractivity contribution in [1.82, 2.24) is 10.2 Å². The van der Waals surface area contributed by atoms with E-state index in [-0.39, 0.29) is 5.91 Å². The van der Waals surface area contributed by atoms with Crippen LogP contribution in [0.3, 0.4) is 0 Å². The van der Waals surface area contributed by atoms with Crippen LogP contribution in [0.5, 0.6) is 0 Å². The minimum atomic E-state index is 0.150. The number of rotatable bonds is 4. The van der Waals surface area contributed by atoms with Gasteiger partial charge in [-0.1, -0.05) is 6.08 Å². The Morgan fingerprint density at radius 3 is 3.14 bits per heavy atom. The molecule has 80 valence electrons. The first-order chi connectivity index (χ1) is 6.84. The highest BCUT2D eigenvalue weighted by Gasteiger charge is 2.14. The van der Waals surface area contributed by atoms with Crippen molar-refractivity contribution in [2.45, 2.75) is 6.42 Å². The molecule has 14 heavy (non-hydrogen) atoms. The van der Waals surface area contributed by atoms with E-state index >= 15 is 0 Å². The maximum atomic E-state index is 11.6. The van der Waals surface area contributed by atoms with Gasteiger partial charge in [0.25, 0.3) is 0 Å². The summed E-state index contributed by atoms with van der Waals surface area (Å²) in [7, 11) is 0. The molecule has 0 bridgehead atoms. The summed E-state index contributed by atoms with van der Waals surface area (Å²) in [6.45, 7) is 7.61. The monoisotopic (exact) mass is 198 g/mol. The van der Waals surface area contributed by atoms with Crippen molar-refractivity contribution in [2.75, 3.05) is 39.4 Å². The Balaban J connectivity index is 2.23. The van der Waals surface area contributed by atoms with E-state index in [1.807, 2.05) is 4.90 Å². The van der Waals surface area contributed by atoms with Crippen LogP contribution in [-0.4, -0.2) is 50.2 Å². The molecule has 0 aliphatic carbocycles. The van der Waals surface area contributed by atoms with E-state index in [4.69, 9.17) is 4.74 Å². The summed E-state index contributed by atoms with van der Waals surface area (Å²) in [4.78, 5) is 13.4. The summed E-state index contributed by atoms with van der Waals surface area (Å²) in [6, 6.07) is 0. The number of carbonyl (C=O) groups is 1. The number of hydrogen-bond donors (Lipinski definition) is 1. The van der Waals surface area contributed by atoms with Crippen molar-refractivity contribution in [2.24, 2.45) is 0 Å². The number of nitrogens with zero attached hydrogens (tertiary/aromatic N) is 1.